The van der Waals surface area contributed by atoms with Gasteiger partial charge in [0.2, 0.25) is 0 Å². The summed E-state index contributed by atoms with van der Waals surface area (Å²) in [5.74, 6) is -0.195. The summed E-state index contributed by atoms with van der Waals surface area (Å²) in [5, 5.41) is 0. The van der Waals surface area contributed by atoms with Gasteiger partial charge in [-0.1, -0.05) is 36.4 Å². The molecule has 0 radical (unpaired) electrons. The number of rotatable bonds is 3. The first kappa shape index (κ1) is 19.5. The zero-order valence-electron chi connectivity index (χ0n) is 13.6. The van der Waals surface area contributed by atoms with Gasteiger partial charge < -0.3 is 69.9 Å². The summed E-state index contributed by atoms with van der Waals surface area (Å²) >= 11 is 0. The van der Waals surface area contributed by atoms with Crippen molar-refractivity contribution in [2.24, 2.45) is 0 Å². The third-order valence-corrected chi connectivity index (χ3v) is 3.23. The number of para-hydroxylation sites is 2. The molecule has 0 aliphatic rings. The van der Waals surface area contributed by atoms with Gasteiger partial charge in [-0.05, 0) is 24.3 Å². The van der Waals surface area contributed by atoms with Crippen molar-refractivity contribution in [3.63, 3.8) is 0 Å². The molecule has 4 rings (SSSR count). The normalized spacial score (nSPS) is 9.38. The van der Waals surface area contributed by atoms with Gasteiger partial charge in [-0.2, -0.15) is 5.91 Å². The second-order valence-corrected chi connectivity index (χ2v) is 4.87. The monoisotopic (exact) mass is 373 g/mol. The van der Waals surface area contributed by atoms with Gasteiger partial charge in [-0.25, -0.2) is 0 Å². The zero-order valence-corrected chi connectivity index (χ0v) is 14.7. The molecule has 0 saturated carbocycles. The van der Waals surface area contributed by atoms with Gasteiger partial charge in [-0.15, -0.1) is 0 Å². The summed E-state index contributed by atoms with van der Waals surface area (Å²) in [6, 6.07) is 41.7. The molecular weight excluding hydrogens is 362 g/mol. The Hall–Kier alpha value is -2.87. The van der Waals surface area contributed by atoms with Crippen LogP contribution in [-0.2, 0) is 17.1 Å². The minimum Gasteiger partial charge on any atom is -0.999 e. The number of anilines is 2. The van der Waals surface area contributed by atoms with Gasteiger partial charge in [0.25, 0.3) is 0 Å². The molecule has 0 unspecified atom stereocenters. The number of hydrogen-bond acceptors (Lipinski definition) is 1. The van der Waals surface area contributed by atoms with E-state index in [2.05, 4.69) is 48.5 Å². The predicted octanol–water partition coefficient (Wildman–Crippen LogP) is 4.19. The van der Waals surface area contributed by atoms with Crippen LogP contribution >= 0.6 is 0 Å². The standard InChI is InChI=1S/C18H10NO.C5H.Fe/c20-18(15-9-7-8-10-15)19(16-11-3-1-4-12-16)17-13-5-2-6-14-17;1-2-4-5-3-1;/h1-6,11-14H;1H;/q2*-5;. The zero-order chi connectivity index (χ0) is 17.3. The van der Waals surface area contributed by atoms with Gasteiger partial charge in [0.1, 0.15) is 0 Å². The SMILES string of the molecule is O=C([c-]1[c-][c-][c-][c-]1)N(c1ccccc1)c1ccccc1.[Fe].[c-]1[c-][c-][cH-][c-]1. The van der Waals surface area contributed by atoms with Crippen LogP contribution in [0, 0.1) is 48.5 Å². The quantitative estimate of drug-likeness (QED) is 0.390. The summed E-state index contributed by atoms with van der Waals surface area (Å²) in [6.45, 7) is 0. The van der Waals surface area contributed by atoms with Crippen LogP contribution in [0.4, 0.5) is 11.4 Å². The van der Waals surface area contributed by atoms with E-state index in [-0.39, 0.29) is 23.0 Å². The first-order valence-corrected chi connectivity index (χ1v) is 7.52. The molecule has 0 aliphatic heterocycles. The van der Waals surface area contributed by atoms with Crippen molar-refractivity contribution in [2.45, 2.75) is 0 Å². The van der Waals surface area contributed by atoms with Gasteiger partial charge >= 0.3 is 0 Å². The van der Waals surface area contributed by atoms with Gasteiger partial charge in [0.05, 0.1) is 0 Å². The van der Waals surface area contributed by atoms with E-state index in [4.69, 9.17) is 0 Å². The van der Waals surface area contributed by atoms with Gasteiger partial charge in [-0.3, -0.25) is 0 Å². The molecular formula is C23H11FeNO-10. The van der Waals surface area contributed by atoms with E-state index in [1.54, 1.807) is 11.0 Å². The Kier molecular flexibility index (Phi) is 7.63. The molecule has 1 amide bonds. The van der Waals surface area contributed by atoms with Crippen LogP contribution in [0.5, 0.6) is 0 Å². The predicted molar refractivity (Wildman–Crippen MR) is 94.1 cm³/mol. The van der Waals surface area contributed by atoms with Crippen LogP contribution in [-0.4, -0.2) is 5.91 Å². The topological polar surface area (TPSA) is 20.3 Å². The van der Waals surface area contributed by atoms with E-state index in [9.17, 15) is 4.79 Å². The summed E-state index contributed by atoms with van der Waals surface area (Å²) < 4.78 is 0. The molecule has 0 spiro atoms. The van der Waals surface area contributed by atoms with Crippen LogP contribution in [0.15, 0.2) is 66.7 Å². The van der Waals surface area contributed by atoms with Crippen molar-refractivity contribution < 1.29 is 21.9 Å². The van der Waals surface area contributed by atoms with Crippen LogP contribution in [0.2, 0.25) is 0 Å². The van der Waals surface area contributed by atoms with Crippen LogP contribution in [0.25, 0.3) is 0 Å². The Balaban J connectivity index is 0.000000351. The summed E-state index contributed by atoms with van der Waals surface area (Å²) in [4.78, 5) is 14.3. The summed E-state index contributed by atoms with van der Waals surface area (Å²) in [5.41, 5.74) is 1.93. The Bertz CT molecular complexity index is 797. The van der Waals surface area contributed by atoms with Crippen molar-refractivity contribution in [1.82, 2.24) is 0 Å². The molecule has 3 heteroatoms. The molecule has 0 N–H and O–H groups in total. The molecule has 0 atom stereocenters. The fourth-order valence-electron chi connectivity index (χ4n) is 2.16. The molecule has 0 bridgehead atoms. The molecule has 4 aromatic rings. The molecule has 0 aliphatic carbocycles. The van der Waals surface area contributed by atoms with Crippen molar-refractivity contribution in [3.8, 4) is 0 Å². The third kappa shape index (κ3) is 5.06. The first-order chi connectivity index (χ1) is 12.4. The fraction of sp³-hybridized carbons (Fsp3) is 0. The van der Waals surface area contributed by atoms with Crippen LogP contribution < -0.4 is 4.90 Å². The number of carbonyl (C=O) groups excluding carboxylic acids is 1. The molecule has 2 nitrogen and oxygen atoms in total. The molecule has 0 fully saturated rings. The molecule has 0 aromatic heterocycles. The minimum atomic E-state index is -0.195. The van der Waals surface area contributed by atoms with Crippen LogP contribution in [0.1, 0.15) is 10.4 Å². The molecule has 26 heavy (non-hydrogen) atoms. The molecule has 4 aromatic carbocycles. The first-order valence-electron chi connectivity index (χ1n) is 7.52. The number of carbonyl (C=O) groups is 1. The minimum absolute atomic E-state index is 0. The van der Waals surface area contributed by atoms with E-state index >= 15 is 0 Å². The van der Waals surface area contributed by atoms with Gasteiger partial charge in [0, 0.05) is 28.4 Å². The van der Waals surface area contributed by atoms with Crippen molar-refractivity contribution in [3.05, 3.63) is 121 Å². The Morgan fingerprint density at radius 2 is 1.23 bits per heavy atom. The number of hydrogen-bond donors (Lipinski definition) is 0. The number of benzene rings is 2. The molecule has 0 heterocycles. The van der Waals surface area contributed by atoms with Crippen molar-refractivity contribution in [1.29, 1.82) is 0 Å². The second kappa shape index (κ2) is 10.2. The van der Waals surface area contributed by atoms with E-state index in [0.29, 0.717) is 5.56 Å². The van der Waals surface area contributed by atoms with Crippen molar-refractivity contribution >= 4 is 17.3 Å². The van der Waals surface area contributed by atoms with Crippen LogP contribution in [0.3, 0.4) is 0 Å². The third-order valence-electron chi connectivity index (χ3n) is 3.23. The maximum atomic E-state index is 12.6. The van der Waals surface area contributed by atoms with E-state index in [1.807, 2.05) is 60.7 Å². The van der Waals surface area contributed by atoms with Crippen molar-refractivity contribution in [2.75, 3.05) is 4.90 Å². The van der Waals surface area contributed by atoms with E-state index in [1.165, 1.54) is 0 Å². The number of nitrogens with zero attached hydrogens (tertiary/aromatic N) is 1. The Morgan fingerprint density at radius 3 is 1.62 bits per heavy atom. The second-order valence-electron chi connectivity index (χ2n) is 4.87. The Labute approximate surface area is 164 Å². The van der Waals surface area contributed by atoms with E-state index in [0.717, 1.165) is 11.4 Å². The smallest absolute Gasteiger partial charge is 0.0219 e. The molecule has 132 valence electrons. The summed E-state index contributed by atoms with van der Waals surface area (Å²) in [7, 11) is 0. The fourth-order valence-corrected chi connectivity index (χ4v) is 2.16. The molecule has 0 saturated heterocycles. The largest absolute Gasteiger partial charge is 0.999 e. The average molecular weight is 373 g/mol. The van der Waals surface area contributed by atoms with E-state index < -0.39 is 0 Å². The Morgan fingerprint density at radius 1 is 0.769 bits per heavy atom. The average Bonchev–Trinajstić information content (AvgIpc) is 3.40. The maximum absolute atomic E-state index is 12.6. The van der Waals surface area contributed by atoms with Gasteiger partial charge in [0.15, 0.2) is 0 Å². The number of amides is 1. The maximum Gasteiger partial charge on any atom is 0.0219 e. The summed E-state index contributed by atoms with van der Waals surface area (Å²) in [6.07, 6.45) is 0.